The van der Waals surface area contributed by atoms with Crippen LogP contribution in [0.25, 0.3) is 0 Å². The van der Waals surface area contributed by atoms with Crippen LogP contribution in [0.4, 0.5) is 0 Å². The molecule has 0 aliphatic carbocycles. The summed E-state index contributed by atoms with van der Waals surface area (Å²) in [6.07, 6.45) is 0. The van der Waals surface area contributed by atoms with Crippen molar-refractivity contribution in [3.05, 3.63) is 42.0 Å². The first-order valence-electron chi connectivity index (χ1n) is 5.66. The van der Waals surface area contributed by atoms with Crippen molar-refractivity contribution in [1.82, 2.24) is 4.90 Å². The van der Waals surface area contributed by atoms with E-state index in [4.69, 9.17) is 4.74 Å². The number of hydrogen-bond acceptors (Lipinski definition) is 2. The molecule has 2 heteroatoms. The summed E-state index contributed by atoms with van der Waals surface area (Å²) in [6, 6.07) is 8.16. The number of nitrogens with zero attached hydrogens (tertiary/aromatic N) is 1. The molecule has 0 aromatic heterocycles. The molecular formula is C14H21NO. The zero-order chi connectivity index (χ0) is 12.0. The Morgan fingerprint density at radius 1 is 1.38 bits per heavy atom. The van der Waals surface area contributed by atoms with E-state index in [1.54, 1.807) is 7.11 Å². The van der Waals surface area contributed by atoms with Crippen LogP contribution in [0, 0.1) is 0 Å². The summed E-state index contributed by atoms with van der Waals surface area (Å²) in [7, 11) is 1.72. The van der Waals surface area contributed by atoms with Gasteiger partial charge in [-0.3, -0.25) is 4.90 Å². The second-order valence-corrected chi connectivity index (χ2v) is 4.07. The van der Waals surface area contributed by atoms with Crippen LogP contribution < -0.4 is 4.74 Å². The quantitative estimate of drug-likeness (QED) is 0.682. The Morgan fingerprint density at radius 3 is 2.62 bits per heavy atom. The third-order valence-corrected chi connectivity index (χ3v) is 2.53. The minimum absolute atomic E-state index is 0.910. The van der Waals surface area contributed by atoms with Gasteiger partial charge in [0.25, 0.3) is 0 Å². The smallest absolute Gasteiger partial charge is 0.123 e. The lowest BCUT2D eigenvalue weighted by Gasteiger charge is -2.21. The molecule has 0 unspecified atom stereocenters. The van der Waals surface area contributed by atoms with Crippen LogP contribution in [0.1, 0.15) is 19.4 Å². The zero-order valence-electron chi connectivity index (χ0n) is 10.5. The van der Waals surface area contributed by atoms with Crippen molar-refractivity contribution in [3.63, 3.8) is 0 Å². The lowest BCUT2D eigenvalue weighted by Crippen LogP contribution is -2.24. The molecule has 1 aromatic rings. The molecule has 0 saturated heterocycles. The molecule has 0 heterocycles. The molecule has 0 spiro atoms. The minimum atomic E-state index is 0.910. The third-order valence-electron chi connectivity index (χ3n) is 2.53. The maximum absolute atomic E-state index is 5.35. The van der Waals surface area contributed by atoms with E-state index in [0.717, 1.165) is 25.4 Å². The SMILES string of the molecule is C=C(C)CN(CC)Cc1ccccc1OC. The fourth-order valence-electron chi connectivity index (χ4n) is 1.74. The summed E-state index contributed by atoms with van der Waals surface area (Å²) in [6.45, 7) is 11.0. The lowest BCUT2D eigenvalue weighted by atomic mass is 10.2. The van der Waals surface area contributed by atoms with Gasteiger partial charge >= 0.3 is 0 Å². The number of methoxy groups -OCH3 is 1. The Hall–Kier alpha value is -1.28. The molecule has 88 valence electrons. The summed E-state index contributed by atoms with van der Waals surface area (Å²) in [5.41, 5.74) is 2.42. The fraction of sp³-hybridized carbons (Fsp3) is 0.429. The van der Waals surface area contributed by atoms with Crippen LogP contribution in [0.15, 0.2) is 36.4 Å². The number of para-hydroxylation sites is 1. The number of hydrogen-bond donors (Lipinski definition) is 0. The molecule has 0 fully saturated rings. The van der Waals surface area contributed by atoms with E-state index >= 15 is 0 Å². The molecule has 1 rings (SSSR count). The van der Waals surface area contributed by atoms with Crippen molar-refractivity contribution in [2.75, 3.05) is 20.2 Å². The molecule has 0 saturated carbocycles. The highest BCUT2D eigenvalue weighted by Crippen LogP contribution is 2.19. The predicted octanol–water partition coefficient (Wildman–Crippen LogP) is 3.09. The standard InChI is InChI=1S/C14H21NO/c1-5-15(10-12(2)3)11-13-8-6-7-9-14(13)16-4/h6-9H,2,5,10-11H2,1,3-4H3. The Kier molecular flexibility index (Phi) is 5.06. The zero-order valence-corrected chi connectivity index (χ0v) is 10.5. The third kappa shape index (κ3) is 3.70. The summed E-state index contributed by atoms with van der Waals surface area (Å²) < 4.78 is 5.35. The van der Waals surface area contributed by atoms with Gasteiger partial charge in [-0.1, -0.05) is 37.3 Å². The maximum atomic E-state index is 5.35. The first-order chi connectivity index (χ1) is 7.67. The van der Waals surface area contributed by atoms with Crippen LogP contribution >= 0.6 is 0 Å². The maximum Gasteiger partial charge on any atom is 0.123 e. The van der Waals surface area contributed by atoms with Crippen LogP contribution in [-0.4, -0.2) is 25.1 Å². The Bertz CT molecular complexity index is 346. The molecule has 0 bridgehead atoms. The molecule has 0 radical (unpaired) electrons. The average Bonchev–Trinajstić information content (AvgIpc) is 2.28. The number of benzene rings is 1. The monoisotopic (exact) mass is 219 g/mol. The summed E-state index contributed by atoms with van der Waals surface area (Å²) in [5.74, 6) is 0.961. The Balaban J connectivity index is 2.73. The van der Waals surface area contributed by atoms with Gasteiger partial charge in [-0.2, -0.15) is 0 Å². The van der Waals surface area contributed by atoms with Gasteiger partial charge < -0.3 is 4.74 Å². The van der Waals surface area contributed by atoms with E-state index in [-0.39, 0.29) is 0 Å². The normalized spacial score (nSPS) is 10.5. The Morgan fingerprint density at radius 2 is 2.06 bits per heavy atom. The molecule has 0 atom stereocenters. The van der Waals surface area contributed by atoms with E-state index in [1.807, 2.05) is 18.2 Å². The molecule has 0 amide bonds. The molecule has 0 aliphatic heterocycles. The van der Waals surface area contributed by atoms with Crippen molar-refractivity contribution < 1.29 is 4.74 Å². The summed E-state index contributed by atoms with van der Waals surface area (Å²) >= 11 is 0. The van der Waals surface area contributed by atoms with E-state index in [9.17, 15) is 0 Å². The largest absolute Gasteiger partial charge is 0.496 e. The predicted molar refractivity (Wildman–Crippen MR) is 68.8 cm³/mol. The first-order valence-corrected chi connectivity index (χ1v) is 5.66. The second kappa shape index (κ2) is 6.33. The second-order valence-electron chi connectivity index (χ2n) is 4.07. The molecular weight excluding hydrogens is 198 g/mol. The molecule has 0 N–H and O–H groups in total. The van der Waals surface area contributed by atoms with E-state index in [2.05, 4.69) is 31.4 Å². The van der Waals surface area contributed by atoms with Crippen molar-refractivity contribution in [1.29, 1.82) is 0 Å². The average molecular weight is 219 g/mol. The van der Waals surface area contributed by atoms with Crippen LogP contribution in [0.2, 0.25) is 0 Å². The minimum Gasteiger partial charge on any atom is -0.496 e. The highest BCUT2D eigenvalue weighted by Gasteiger charge is 2.07. The van der Waals surface area contributed by atoms with Gasteiger partial charge in [0.1, 0.15) is 5.75 Å². The van der Waals surface area contributed by atoms with Gasteiger partial charge in [0.05, 0.1) is 7.11 Å². The topological polar surface area (TPSA) is 12.5 Å². The molecule has 1 aromatic carbocycles. The number of rotatable bonds is 6. The van der Waals surface area contributed by atoms with Crippen molar-refractivity contribution in [3.8, 4) is 5.75 Å². The van der Waals surface area contributed by atoms with Crippen molar-refractivity contribution >= 4 is 0 Å². The highest BCUT2D eigenvalue weighted by molar-refractivity contribution is 5.33. The molecule has 16 heavy (non-hydrogen) atoms. The lowest BCUT2D eigenvalue weighted by molar-refractivity contribution is 0.297. The van der Waals surface area contributed by atoms with Crippen LogP contribution in [0.3, 0.4) is 0 Å². The van der Waals surface area contributed by atoms with E-state index in [1.165, 1.54) is 11.1 Å². The van der Waals surface area contributed by atoms with Crippen molar-refractivity contribution in [2.45, 2.75) is 20.4 Å². The van der Waals surface area contributed by atoms with Gasteiger partial charge in [-0.05, 0) is 19.5 Å². The van der Waals surface area contributed by atoms with E-state index < -0.39 is 0 Å². The van der Waals surface area contributed by atoms with Gasteiger partial charge in [0.2, 0.25) is 0 Å². The number of likely N-dealkylation sites (N-methyl/N-ethyl adjacent to an activating group) is 1. The van der Waals surface area contributed by atoms with Crippen molar-refractivity contribution in [2.24, 2.45) is 0 Å². The summed E-state index contributed by atoms with van der Waals surface area (Å²) in [4.78, 5) is 2.35. The van der Waals surface area contributed by atoms with Gasteiger partial charge in [0.15, 0.2) is 0 Å². The fourth-order valence-corrected chi connectivity index (χ4v) is 1.74. The molecule has 2 nitrogen and oxygen atoms in total. The van der Waals surface area contributed by atoms with Gasteiger partial charge in [-0.15, -0.1) is 0 Å². The van der Waals surface area contributed by atoms with Gasteiger partial charge in [0, 0.05) is 18.7 Å². The van der Waals surface area contributed by atoms with E-state index in [0.29, 0.717) is 0 Å². The van der Waals surface area contributed by atoms with Crippen LogP contribution in [-0.2, 0) is 6.54 Å². The number of ether oxygens (including phenoxy) is 1. The van der Waals surface area contributed by atoms with Crippen LogP contribution in [0.5, 0.6) is 5.75 Å². The Labute approximate surface area is 98.5 Å². The first kappa shape index (κ1) is 12.8. The highest BCUT2D eigenvalue weighted by atomic mass is 16.5. The molecule has 0 aliphatic rings. The van der Waals surface area contributed by atoms with Gasteiger partial charge in [-0.25, -0.2) is 0 Å². The summed E-state index contributed by atoms with van der Waals surface area (Å²) in [5, 5.41) is 0.